The predicted octanol–water partition coefficient (Wildman–Crippen LogP) is 2.27. The van der Waals surface area contributed by atoms with Crippen LogP contribution in [0.3, 0.4) is 0 Å². The molecule has 114 valence electrons. The molecule has 0 bridgehead atoms. The first-order valence-electron chi connectivity index (χ1n) is 6.97. The molecule has 2 heterocycles. The van der Waals surface area contributed by atoms with Gasteiger partial charge in [0.15, 0.2) is 0 Å². The summed E-state index contributed by atoms with van der Waals surface area (Å²) in [5.41, 5.74) is 1.11. The van der Waals surface area contributed by atoms with Crippen molar-refractivity contribution in [2.75, 3.05) is 26.0 Å². The average Bonchev–Trinajstić information content (AvgIpc) is 2.94. The molecular weight excluding hydrogens is 283 g/mol. The van der Waals surface area contributed by atoms with Crippen LogP contribution in [-0.2, 0) is 6.54 Å². The van der Waals surface area contributed by atoms with E-state index in [-0.39, 0.29) is 5.82 Å². The Morgan fingerprint density at radius 1 is 1.27 bits per heavy atom. The molecule has 0 fully saturated rings. The van der Waals surface area contributed by atoms with Gasteiger partial charge in [-0.1, -0.05) is 6.07 Å². The van der Waals surface area contributed by atoms with Gasteiger partial charge in [-0.2, -0.15) is 5.10 Å². The smallest absolute Gasteiger partial charge is 0.149 e. The summed E-state index contributed by atoms with van der Waals surface area (Å²) in [7, 11) is 4.04. The molecule has 3 aromatic rings. The minimum Gasteiger partial charge on any atom is -0.337 e. The summed E-state index contributed by atoms with van der Waals surface area (Å²) in [5, 5.41) is 8.10. The van der Waals surface area contributed by atoms with Gasteiger partial charge in [0.1, 0.15) is 23.5 Å². The van der Waals surface area contributed by atoms with Crippen LogP contribution in [0.15, 0.2) is 36.9 Å². The summed E-state index contributed by atoms with van der Waals surface area (Å²) >= 11 is 0. The van der Waals surface area contributed by atoms with Crippen LogP contribution in [0.4, 0.5) is 15.9 Å². The molecule has 2 aromatic heterocycles. The van der Waals surface area contributed by atoms with Crippen LogP contribution < -0.4 is 5.32 Å². The van der Waals surface area contributed by atoms with Crippen molar-refractivity contribution in [3.63, 3.8) is 0 Å². The topological polar surface area (TPSA) is 58.9 Å². The van der Waals surface area contributed by atoms with Crippen LogP contribution in [0.2, 0.25) is 0 Å². The van der Waals surface area contributed by atoms with Crippen molar-refractivity contribution >= 4 is 22.4 Å². The monoisotopic (exact) mass is 300 g/mol. The van der Waals surface area contributed by atoms with E-state index in [2.05, 4.69) is 25.3 Å². The first kappa shape index (κ1) is 14.4. The second-order valence-electron chi connectivity index (χ2n) is 5.28. The lowest BCUT2D eigenvalue weighted by atomic mass is 10.2. The summed E-state index contributed by atoms with van der Waals surface area (Å²) < 4.78 is 15.6. The van der Waals surface area contributed by atoms with Gasteiger partial charge in [-0.3, -0.25) is 4.68 Å². The second kappa shape index (κ2) is 6.07. The highest BCUT2D eigenvalue weighted by Crippen LogP contribution is 2.24. The standard InChI is InChI=1S/C15H17FN6/c1-21(2)6-7-22-9-11(8-19-22)20-15-12-4-3-5-13(16)14(12)17-10-18-15/h3-5,8-10H,6-7H2,1-2H3,(H,17,18,20). The first-order valence-corrected chi connectivity index (χ1v) is 6.97. The van der Waals surface area contributed by atoms with Crippen molar-refractivity contribution < 1.29 is 4.39 Å². The molecule has 1 aromatic carbocycles. The van der Waals surface area contributed by atoms with Crippen LogP contribution in [0.5, 0.6) is 0 Å². The molecule has 1 N–H and O–H groups in total. The number of halogens is 1. The van der Waals surface area contributed by atoms with E-state index < -0.39 is 0 Å². The highest BCUT2D eigenvalue weighted by atomic mass is 19.1. The Hall–Kier alpha value is -2.54. The van der Waals surface area contributed by atoms with Gasteiger partial charge in [0.2, 0.25) is 0 Å². The number of hydrogen-bond donors (Lipinski definition) is 1. The van der Waals surface area contributed by atoms with Crippen LogP contribution >= 0.6 is 0 Å². The number of likely N-dealkylation sites (N-methyl/N-ethyl adjacent to an activating group) is 1. The minimum absolute atomic E-state index is 0.306. The minimum atomic E-state index is -0.357. The average molecular weight is 300 g/mol. The van der Waals surface area contributed by atoms with E-state index >= 15 is 0 Å². The maximum absolute atomic E-state index is 13.7. The summed E-state index contributed by atoms with van der Waals surface area (Å²) in [5.74, 6) is 0.210. The number of hydrogen-bond acceptors (Lipinski definition) is 5. The highest BCUT2D eigenvalue weighted by molar-refractivity contribution is 5.90. The lowest BCUT2D eigenvalue weighted by Crippen LogP contribution is -2.18. The molecule has 3 rings (SSSR count). The number of nitrogens with one attached hydrogen (secondary N) is 1. The predicted molar refractivity (Wildman–Crippen MR) is 83.6 cm³/mol. The quantitative estimate of drug-likeness (QED) is 0.783. The van der Waals surface area contributed by atoms with E-state index in [0.717, 1.165) is 18.8 Å². The Balaban J connectivity index is 1.83. The van der Waals surface area contributed by atoms with Gasteiger partial charge in [0, 0.05) is 18.1 Å². The number of benzene rings is 1. The summed E-state index contributed by atoms with van der Waals surface area (Å²) in [4.78, 5) is 10.3. The molecule has 0 aliphatic heterocycles. The molecule has 0 unspecified atom stereocenters. The molecular formula is C15H17FN6. The van der Waals surface area contributed by atoms with Crippen molar-refractivity contribution in [2.24, 2.45) is 0 Å². The fourth-order valence-corrected chi connectivity index (χ4v) is 2.14. The Kier molecular flexibility index (Phi) is 3.97. The van der Waals surface area contributed by atoms with E-state index in [1.165, 1.54) is 12.4 Å². The van der Waals surface area contributed by atoms with Gasteiger partial charge in [0.25, 0.3) is 0 Å². The number of anilines is 2. The fourth-order valence-electron chi connectivity index (χ4n) is 2.14. The molecule has 7 heteroatoms. The van der Waals surface area contributed by atoms with E-state index in [1.54, 1.807) is 18.3 Å². The Bertz CT molecular complexity index is 783. The zero-order valence-electron chi connectivity index (χ0n) is 12.5. The number of nitrogens with zero attached hydrogens (tertiary/aromatic N) is 5. The van der Waals surface area contributed by atoms with Crippen LogP contribution in [0.1, 0.15) is 0 Å². The maximum atomic E-state index is 13.7. The van der Waals surface area contributed by atoms with E-state index in [0.29, 0.717) is 16.7 Å². The first-order chi connectivity index (χ1) is 10.6. The normalized spacial score (nSPS) is 11.3. The second-order valence-corrected chi connectivity index (χ2v) is 5.28. The molecule has 0 aliphatic carbocycles. The lowest BCUT2D eigenvalue weighted by Gasteiger charge is -2.09. The Morgan fingerprint density at radius 2 is 2.14 bits per heavy atom. The molecule has 0 radical (unpaired) electrons. The van der Waals surface area contributed by atoms with Crippen molar-refractivity contribution in [3.05, 3.63) is 42.7 Å². The third-order valence-electron chi connectivity index (χ3n) is 3.29. The lowest BCUT2D eigenvalue weighted by molar-refractivity contribution is 0.373. The van der Waals surface area contributed by atoms with Gasteiger partial charge in [-0.15, -0.1) is 0 Å². The zero-order valence-corrected chi connectivity index (χ0v) is 12.5. The summed E-state index contributed by atoms with van der Waals surface area (Å²) in [6.45, 7) is 1.70. The third-order valence-corrected chi connectivity index (χ3v) is 3.29. The van der Waals surface area contributed by atoms with Crippen LogP contribution in [0.25, 0.3) is 10.9 Å². The highest BCUT2D eigenvalue weighted by Gasteiger charge is 2.08. The Labute approximate surface area is 127 Å². The van der Waals surface area contributed by atoms with Crippen LogP contribution in [-0.4, -0.2) is 45.3 Å². The third kappa shape index (κ3) is 3.04. The SMILES string of the molecule is CN(C)CCn1cc(Nc2ncnc3c(F)cccc23)cn1. The number of aromatic nitrogens is 4. The van der Waals surface area contributed by atoms with E-state index in [4.69, 9.17) is 0 Å². The van der Waals surface area contributed by atoms with Gasteiger partial charge in [0.05, 0.1) is 18.4 Å². The van der Waals surface area contributed by atoms with Crippen molar-refractivity contribution in [3.8, 4) is 0 Å². The van der Waals surface area contributed by atoms with Gasteiger partial charge < -0.3 is 10.2 Å². The van der Waals surface area contributed by atoms with Gasteiger partial charge in [-0.05, 0) is 26.2 Å². The summed E-state index contributed by atoms with van der Waals surface area (Å²) in [6.07, 6.45) is 4.98. The van der Waals surface area contributed by atoms with E-state index in [9.17, 15) is 4.39 Å². The Morgan fingerprint density at radius 3 is 2.95 bits per heavy atom. The number of fused-ring (bicyclic) bond motifs is 1. The maximum Gasteiger partial charge on any atom is 0.149 e. The number of para-hydroxylation sites is 1. The van der Waals surface area contributed by atoms with E-state index in [1.807, 2.05) is 25.0 Å². The van der Waals surface area contributed by atoms with Crippen molar-refractivity contribution in [2.45, 2.75) is 6.54 Å². The van der Waals surface area contributed by atoms with Crippen LogP contribution in [0, 0.1) is 5.82 Å². The summed E-state index contributed by atoms with van der Waals surface area (Å²) in [6, 6.07) is 4.82. The fraction of sp³-hybridized carbons (Fsp3) is 0.267. The van der Waals surface area contributed by atoms with Crippen molar-refractivity contribution in [1.29, 1.82) is 0 Å². The molecule has 0 spiro atoms. The van der Waals surface area contributed by atoms with Gasteiger partial charge in [-0.25, -0.2) is 14.4 Å². The molecule has 0 saturated carbocycles. The van der Waals surface area contributed by atoms with Crippen molar-refractivity contribution in [1.82, 2.24) is 24.6 Å². The molecule has 0 atom stereocenters. The zero-order chi connectivity index (χ0) is 15.5. The molecule has 6 nitrogen and oxygen atoms in total. The number of rotatable bonds is 5. The van der Waals surface area contributed by atoms with Gasteiger partial charge >= 0.3 is 0 Å². The molecule has 22 heavy (non-hydrogen) atoms. The molecule has 0 saturated heterocycles. The molecule has 0 aliphatic rings. The molecule has 0 amide bonds. The largest absolute Gasteiger partial charge is 0.337 e.